The summed E-state index contributed by atoms with van der Waals surface area (Å²) in [6, 6.07) is 0. The number of aliphatic hydroxyl groups excluding tert-OH is 5. The summed E-state index contributed by atoms with van der Waals surface area (Å²) in [4.78, 5) is 35.4. The molecule has 0 saturated heterocycles. The second-order valence-corrected chi connectivity index (χ2v) is 15.9. The fourth-order valence-corrected chi connectivity index (χ4v) is 7.19. The van der Waals surface area contributed by atoms with Crippen LogP contribution in [-0.4, -0.2) is 98.3 Å². The maximum Gasteiger partial charge on any atom is 0.472 e. The molecule has 1 aliphatic carbocycles. The molecule has 6 N–H and O–H groups in total. The highest BCUT2D eigenvalue weighted by Gasteiger charge is 2.51. The second kappa shape index (κ2) is 30.8. The Hall–Kier alpha value is -1.41. The van der Waals surface area contributed by atoms with Gasteiger partial charge in [-0.05, 0) is 38.5 Å². The van der Waals surface area contributed by atoms with E-state index < -0.39 is 75.7 Å². The fraction of sp³-hybridized carbons (Fsp3) is 0.897. The highest BCUT2D eigenvalue weighted by molar-refractivity contribution is 7.47. The standard InChI is InChI=1S/C39H73O13P/c1-3-5-7-9-11-13-14-15-16-17-18-19-20-22-24-26-28-33(41)51-31(29-49-32(40)27-25-23-21-12-10-8-6-4-2)30-50-53(47,48)52-39-37(45)35(43)34(42)36(44)38(39)46/h16-17,31,34-39,42-46H,3-15,18-30H2,1-2H3,(H,47,48)/b17-16-. The van der Waals surface area contributed by atoms with Crippen molar-refractivity contribution in [3.05, 3.63) is 12.2 Å². The number of unbranched alkanes of at least 4 members (excludes halogenated alkanes) is 19. The van der Waals surface area contributed by atoms with Gasteiger partial charge in [0.05, 0.1) is 6.61 Å². The molecule has 13 nitrogen and oxygen atoms in total. The number of carbonyl (C=O) groups excluding carboxylic acids is 2. The van der Waals surface area contributed by atoms with E-state index in [1.54, 1.807) is 0 Å². The first-order chi connectivity index (χ1) is 25.4. The number of phosphoric acid groups is 1. The van der Waals surface area contributed by atoms with Gasteiger partial charge in [0, 0.05) is 12.8 Å². The summed E-state index contributed by atoms with van der Waals surface area (Å²) in [5, 5.41) is 49.9. The van der Waals surface area contributed by atoms with Crippen molar-refractivity contribution >= 4 is 19.8 Å². The molecule has 0 spiro atoms. The van der Waals surface area contributed by atoms with Crippen molar-refractivity contribution < 1.29 is 63.1 Å². The zero-order valence-corrected chi connectivity index (χ0v) is 33.5. The molecular formula is C39H73O13P. The first-order valence-electron chi connectivity index (χ1n) is 20.5. The fourth-order valence-electron chi connectivity index (χ4n) is 6.22. The van der Waals surface area contributed by atoms with Crippen LogP contribution in [0.1, 0.15) is 168 Å². The van der Waals surface area contributed by atoms with Crippen LogP contribution in [0.15, 0.2) is 12.2 Å². The Balaban J connectivity index is 2.49. The maximum atomic E-state index is 12.7. The van der Waals surface area contributed by atoms with Gasteiger partial charge < -0.3 is 39.9 Å². The van der Waals surface area contributed by atoms with Gasteiger partial charge in [0.25, 0.3) is 0 Å². The van der Waals surface area contributed by atoms with Crippen molar-refractivity contribution in [3.63, 3.8) is 0 Å². The minimum absolute atomic E-state index is 0.0902. The SMILES string of the molecule is CCCCCCCCC/C=C\CCCCCCCC(=O)OC(COC(=O)CCCCCCCCCC)COP(=O)(O)OC1C(O)C(O)C(O)C(O)C1O. The molecule has 1 saturated carbocycles. The highest BCUT2D eigenvalue weighted by Crippen LogP contribution is 2.47. The first-order valence-corrected chi connectivity index (χ1v) is 22.0. The van der Waals surface area contributed by atoms with Crippen molar-refractivity contribution in [3.8, 4) is 0 Å². The molecule has 1 aliphatic rings. The lowest BCUT2D eigenvalue weighted by atomic mass is 9.85. The summed E-state index contributed by atoms with van der Waals surface area (Å²) in [6.45, 7) is 3.23. The van der Waals surface area contributed by atoms with Crippen LogP contribution in [0, 0.1) is 0 Å². The van der Waals surface area contributed by atoms with Crippen LogP contribution in [0.25, 0.3) is 0 Å². The zero-order valence-electron chi connectivity index (χ0n) is 32.6. The zero-order chi connectivity index (χ0) is 39.3. The van der Waals surface area contributed by atoms with Crippen LogP contribution in [0.5, 0.6) is 0 Å². The Kier molecular flexibility index (Phi) is 28.8. The number of hydrogen-bond acceptors (Lipinski definition) is 12. The van der Waals surface area contributed by atoms with Crippen LogP contribution in [-0.2, 0) is 32.7 Å². The van der Waals surface area contributed by atoms with Crippen LogP contribution in [0.4, 0.5) is 0 Å². The minimum atomic E-state index is -5.10. The monoisotopic (exact) mass is 780 g/mol. The van der Waals surface area contributed by atoms with Gasteiger partial charge in [0.1, 0.15) is 43.2 Å². The molecule has 0 aliphatic heterocycles. The quantitative estimate of drug-likeness (QED) is 0.0177. The number of esters is 2. The maximum absolute atomic E-state index is 12.7. The van der Waals surface area contributed by atoms with Gasteiger partial charge in [0.2, 0.25) is 0 Å². The summed E-state index contributed by atoms with van der Waals surface area (Å²) in [6.07, 6.45) is 15.9. The summed E-state index contributed by atoms with van der Waals surface area (Å²) in [5.74, 6) is -1.11. The Morgan fingerprint density at radius 1 is 0.566 bits per heavy atom. The number of carbonyl (C=O) groups is 2. The molecule has 0 bridgehead atoms. The Morgan fingerprint density at radius 3 is 1.43 bits per heavy atom. The van der Waals surface area contributed by atoms with Crippen molar-refractivity contribution in [2.75, 3.05) is 13.2 Å². The second-order valence-electron chi connectivity index (χ2n) is 14.5. The average Bonchev–Trinajstić information content (AvgIpc) is 3.13. The van der Waals surface area contributed by atoms with Crippen molar-refractivity contribution in [2.45, 2.75) is 211 Å². The van der Waals surface area contributed by atoms with Gasteiger partial charge in [-0.3, -0.25) is 18.6 Å². The van der Waals surface area contributed by atoms with Gasteiger partial charge in [-0.15, -0.1) is 0 Å². The van der Waals surface area contributed by atoms with Gasteiger partial charge >= 0.3 is 19.8 Å². The van der Waals surface area contributed by atoms with Gasteiger partial charge in [-0.2, -0.15) is 0 Å². The molecule has 0 radical (unpaired) electrons. The lowest BCUT2D eigenvalue weighted by Gasteiger charge is -2.41. The lowest BCUT2D eigenvalue weighted by molar-refractivity contribution is -0.220. The van der Waals surface area contributed by atoms with E-state index in [0.717, 1.165) is 57.8 Å². The molecule has 0 aromatic carbocycles. The third kappa shape index (κ3) is 24.0. The molecular weight excluding hydrogens is 707 g/mol. The Morgan fingerprint density at radius 2 is 0.962 bits per heavy atom. The molecule has 1 fully saturated rings. The molecule has 312 valence electrons. The Labute approximate surface area is 318 Å². The summed E-state index contributed by atoms with van der Waals surface area (Å²) in [7, 11) is -5.10. The molecule has 0 heterocycles. The van der Waals surface area contributed by atoms with Gasteiger partial charge in [-0.1, -0.05) is 129 Å². The molecule has 6 unspecified atom stereocenters. The minimum Gasteiger partial charge on any atom is -0.462 e. The number of hydrogen-bond donors (Lipinski definition) is 6. The van der Waals surface area contributed by atoms with E-state index in [0.29, 0.717) is 12.8 Å². The number of ether oxygens (including phenoxy) is 2. The molecule has 1 rings (SSSR count). The number of aliphatic hydroxyl groups is 5. The largest absolute Gasteiger partial charge is 0.472 e. The molecule has 53 heavy (non-hydrogen) atoms. The summed E-state index contributed by atoms with van der Waals surface area (Å²) in [5.41, 5.74) is 0. The molecule has 6 atom stereocenters. The van der Waals surface area contributed by atoms with Crippen molar-refractivity contribution in [2.24, 2.45) is 0 Å². The lowest BCUT2D eigenvalue weighted by Crippen LogP contribution is -2.64. The molecule has 0 aromatic rings. The Bertz CT molecular complexity index is 996. The molecule has 14 heteroatoms. The predicted molar refractivity (Wildman–Crippen MR) is 203 cm³/mol. The van der Waals surface area contributed by atoms with E-state index in [9.17, 15) is 44.6 Å². The predicted octanol–water partition coefficient (Wildman–Crippen LogP) is 6.72. The first kappa shape index (κ1) is 49.6. The average molecular weight is 781 g/mol. The van der Waals surface area contributed by atoms with E-state index in [4.69, 9.17) is 18.5 Å². The number of allylic oxidation sites excluding steroid dienone is 2. The van der Waals surface area contributed by atoms with E-state index in [2.05, 4.69) is 26.0 Å². The number of phosphoric ester groups is 1. The third-order valence-electron chi connectivity index (χ3n) is 9.61. The van der Waals surface area contributed by atoms with Gasteiger partial charge in [0.15, 0.2) is 6.10 Å². The molecule has 0 amide bonds. The van der Waals surface area contributed by atoms with Crippen molar-refractivity contribution in [1.29, 1.82) is 0 Å². The van der Waals surface area contributed by atoms with Crippen LogP contribution in [0.2, 0.25) is 0 Å². The highest BCUT2D eigenvalue weighted by atomic mass is 31.2. The van der Waals surface area contributed by atoms with E-state index >= 15 is 0 Å². The third-order valence-corrected chi connectivity index (χ3v) is 10.6. The van der Waals surface area contributed by atoms with E-state index in [1.807, 2.05) is 0 Å². The van der Waals surface area contributed by atoms with Gasteiger partial charge in [-0.25, -0.2) is 4.57 Å². The van der Waals surface area contributed by atoms with Crippen LogP contribution < -0.4 is 0 Å². The number of rotatable bonds is 33. The smallest absolute Gasteiger partial charge is 0.462 e. The van der Waals surface area contributed by atoms with Crippen LogP contribution >= 0.6 is 7.82 Å². The molecule has 0 aromatic heterocycles. The van der Waals surface area contributed by atoms with E-state index in [1.165, 1.54) is 70.6 Å². The normalized spacial score (nSPS) is 23.5. The van der Waals surface area contributed by atoms with E-state index in [-0.39, 0.29) is 12.8 Å². The topological polar surface area (TPSA) is 210 Å². The van der Waals surface area contributed by atoms with Crippen molar-refractivity contribution in [1.82, 2.24) is 0 Å². The van der Waals surface area contributed by atoms with Crippen LogP contribution in [0.3, 0.4) is 0 Å². The summed E-state index contributed by atoms with van der Waals surface area (Å²) >= 11 is 0. The summed E-state index contributed by atoms with van der Waals surface area (Å²) < 4.78 is 33.3.